The lowest BCUT2D eigenvalue weighted by Crippen LogP contribution is -2.38. The van der Waals surface area contributed by atoms with E-state index in [4.69, 9.17) is 15.2 Å². The number of nitrogens with zero attached hydrogens (tertiary/aromatic N) is 2. The van der Waals surface area contributed by atoms with E-state index in [1.165, 1.54) is 24.3 Å². The number of halogens is 4. The van der Waals surface area contributed by atoms with E-state index in [0.29, 0.717) is 18.8 Å². The number of ether oxygens (including phenoxy) is 3. The second kappa shape index (κ2) is 12.7. The number of morpholine rings is 1. The summed E-state index contributed by atoms with van der Waals surface area (Å²) in [4.78, 5) is 6.58. The van der Waals surface area contributed by atoms with Gasteiger partial charge in [0.15, 0.2) is 5.96 Å². The minimum atomic E-state index is -4.73. The van der Waals surface area contributed by atoms with Crippen LogP contribution in [0.15, 0.2) is 53.5 Å². The third kappa shape index (κ3) is 9.09. The van der Waals surface area contributed by atoms with Crippen molar-refractivity contribution >= 4 is 35.6 Å². The van der Waals surface area contributed by atoms with Gasteiger partial charge in [-0.2, -0.15) is 0 Å². The second-order valence-corrected chi connectivity index (χ2v) is 6.81. The number of nitrogens with one attached hydrogen (secondary N) is 1. The molecule has 0 amide bonds. The van der Waals surface area contributed by atoms with Gasteiger partial charge in [0.2, 0.25) is 0 Å². The van der Waals surface area contributed by atoms with Crippen LogP contribution in [0.3, 0.4) is 0 Å². The molecule has 3 rings (SSSR count). The lowest BCUT2D eigenvalue weighted by atomic mass is 10.2. The van der Waals surface area contributed by atoms with Gasteiger partial charge in [0.05, 0.1) is 19.8 Å². The Bertz CT molecular complexity index is 860. The lowest BCUT2D eigenvalue weighted by molar-refractivity contribution is -0.274. The van der Waals surface area contributed by atoms with Crippen molar-refractivity contribution in [3.63, 3.8) is 0 Å². The predicted octanol–water partition coefficient (Wildman–Crippen LogP) is 3.84. The zero-order valence-electron chi connectivity index (χ0n) is 17.3. The molecule has 1 heterocycles. The molecule has 0 radical (unpaired) electrons. The SMILES string of the molecule is I.NC(=NCc1ccccc1OCCN1CCOCC1)Nc1ccc(OC(F)(F)F)cc1. The maximum Gasteiger partial charge on any atom is 0.573 e. The molecule has 1 fully saturated rings. The minimum Gasteiger partial charge on any atom is -0.492 e. The summed E-state index contributed by atoms with van der Waals surface area (Å²) >= 11 is 0. The molecule has 1 aliphatic rings. The Morgan fingerprint density at radius 3 is 2.47 bits per heavy atom. The van der Waals surface area contributed by atoms with Crippen molar-refractivity contribution < 1.29 is 27.4 Å². The number of anilines is 1. The molecule has 0 aliphatic carbocycles. The van der Waals surface area contributed by atoms with Gasteiger partial charge in [-0.05, 0) is 30.3 Å². The van der Waals surface area contributed by atoms with Crippen molar-refractivity contribution in [3.05, 3.63) is 54.1 Å². The van der Waals surface area contributed by atoms with Crippen LogP contribution in [0.2, 0.25) is 0 Å². The molecule has 0 bridgehead atoms. The molecule has 0 aromatic heterocycles. The van der Waals surface area contributed by atoms with Crippen molar-refractivity contribution in [2.24, 2.45) is 10.7 Å². The van der Waals surface area contributed by atoms with Gasteiger partial charge < -0.3 is 25.3 Å². The van der Waals surface area contributed by atoms with Crippen LogP contribution in [0.4, 0.5) is 18.9 Å². The molecular weight excluding hydrogens is 540 g/mol. The number of alkyl halides is 3. The van der Waals surface area contributed by atoms with Gasteiger partial charge in [0.25, 0.3) is 0 Å². The predicted molar refractivity (Wildman–Crippen MR) is 127 cm³/mol. The number of para-hydroxylation sites is 1. The van der Waals surface area contributed by atoms with Crippen LogP contribution in [0.25, 0.3) is 0 Å². The van der Waals surface area contributed by atoms with E-state index < -0.39 is 6.36 Å². The molecule has 0 unspecified atom stereocenters. The van der Waals surface area contributed by atoms with Crippen LogP contribution in [0.1, 0.15) is 5.56 Å². The van der Waals surface area contributed by atoms with Crippen LogP contribution in [0, 0.1) is 0 Å². The first-order chi connectivity index (χ1) is 14.9. The number of hydrogen-bond donors (Lipinski definition) is 2. The highest BCUT2D eigenvalue weighted by atomic mass is 127. The van der Waals surface area contributed by atoms with Crippen LogP contribution in [0.5, 0.6) is 11.5 Å². The van der Waals surface area contributed by atoms with Gasteiger partial charge in [-0.1, -0.05) is 18.2 Å². The number of rotatable bonds is 8. The number of nitrogens with two attached hydrogens (primary N) is 1. The van der Waals surface area contributed by atoms with Crippen LogP contribution >= 0.6 is 24.0 Å². The van der Waals surface area contributed by atoms with Crippen LogP contribution < -0.4 is 20.5 Å². The average molecular weight is 566 g/mol. The summed E-state index contributed by atoms with van der Waals surface area (Å²) in [5.41, 5.74) is 7.28. The normalized spacial score (nSPS) is 15.0. The fourth-order valence-electron chi connectivity index (χ4n) is 2.98. The van der Waals surface area contributed by atoms with E-state index in [1.807, 2.05) is 24.3 Å². The summed E-state index contributed by atoms with van der Waals surface area (Å²) in [6, 6.07) is 12.8. The summed E-state index contributed by atoms with van der Waals surface area (Å²) in [7, 11) is 0. The molecular formula is C21H26F3IN4O3. The quantitative estimate of drug-likeness (QED) is 0.287. The summed E-state index contributed by atoms with van der Waals surface area (Å²) in [5.74, 6) is 0.560. The third-order valence-electron chi connectivity index (χ3n) is 4.52. The van der Waals surface area contributed by atoms with Crippen molar-refractivity contribution in [1.29, 1.82) is 0 Å². The van der Waals surface area contributed by atoms with E-state index in [2.05, 4.69) is 19.9 Å². The van der Waals surface area contributed by atoms with Gasteiger partial charge in [-0.15, -0.1) is 37.1 Å². The molecule has 1 aliphatic heterocycles. The monoisotopic (exact) mass is 566 g/mol. The zero-order chi connectivity index (χ0) is 22.1. The smallest absolute Gasteiger partial charge is 0.492 e. The van der Waals surface area contributed by atoms with Gasteiger partial charge in [0, 0.05) is 30.9 Å². The summed E-state index contributed by atoms with van der Waals surface area (Å²) < 4.78 is 51.8. The number of guanidine groups is 1. The molecule has 1 saturated heterocycles. The topological polar surface area (TPSA) is 81.3 Å². The van der Waals surface area contributed by atoms with Gasteiger partial charge in [-0.25, -0.2) is 4.99 Å². The van der Waals surface area contributed by atoms with E-state index in [1.54, 1.807) is 0 Å². The maximum absolute atomic E-state index is 12.2. The first-order valence-corrected chi connectivity index (χ1v) is 9.82. The molecule has 32 heavy (non-hydrogen) atoms. The highest BCUT2D eigenvalue weighted by Gasteiger charge is 2.30. The summed E-state index contributed by atoms with van der Waals surface area (Å²) in [6.07, 6.45) is -4.73. The average Bonchev–Trinajstić information content (AvgIpc) is 2.74. The first-order valence-electron chi connectivity index (χ1n) is 9.82. The number of aliphatic imine (C=N–C) groups is 1. The van der Waals surface area contributed by atoms with Gasteiger partial charge in [-0.3, -0.25) is 4.90 Å². The second-order valence-electron chi connectivity index (χ2n) is 6.81. The number of benzene rings is 2. The molecule has 2 aromatic carbocycles. The first kappa shape index (κ1) is 26.0. The van der Waals surface area contributed by atoms with Gasteiger partial charge >= 0.3 is 6.36 Å². The Balaban J connectivity index is 0.00000363. The zero-order valence-corrected chi connectivity index (χ0v) is 19.6. The fourth-order valence-corrected chi connectivity index (χ4v) is 2.98. The molecule has 2 aromatic rings. The summed E-state index contributed by atoms with van der Waals surface area (Å²) in [5, 5.41) is 2.84. The number of hydrogen-bond acceptors (Lipinski definition) is 5. The molecule has 0 atom stereocenters. The Morgan fingerprint density at radius 2 is 1.78 bits per heavy atom. The molecule has 0 saturated carbocycles. The lowest BCUT2D eigenvalue weighted by Gasteiger charge is -2.26. The van der Waals surface area contributed by atoms with Crippen LogP contribution in [-0.4, -0.2) is 56.7 Å². The molecule has 176 valence electrons. The molecule has 0 spiro atoms. The molecule has 3 N–H and O–H groups in total. The Morgan fingerprint density at radius 1 is 1.09 bits per heavy atom. The van der Waals surface area contributed by atoms with E-state index >= 15 is 0 Å². The highest BCUT2D eigenvalue weighted by molar-refractivity contribution is 14.0. The minimum absolute atomic E-state index is 0. The van der Waals surface area contributed by atoms with Crippen molar-refractivity contribution in [2.75, 3.05) is 44.8 Å². The van der Waals surface area contributed by atoms with Crippen LogP contribution in [-0.2, 0) is 11.3 Å². The highest BCUT2D eigenvalue weighted by Crippen LogP contribution is 2.24. The van der Waals surface area contributed by atoms with E-state index in [-0.39, 0.29) is 35.7 Å². The maximum atomic E-state index is 12.2. The van der Waals surface area contributed by atoms with E-state index in [9.17, 15) is 13.2 Å². The fraction of sp³-hybridized carbons (Fsp3) is 0.381. The van der Waals surface area contributed by atoms with Gasteiger partial charge in [0.1, 0.15) is 18.1 Å². The third-order valence-corrected chi connectivity index (χ3v) is 4.52. The molecule has 7 nitrogen and oxygen atoms in total. The van der Waals surface area contributed by atoms with Crippen molar-refractivity contribution in [2.45, 2.75) is 12.9 Å². The van der Waals surface area contributed by atoms with Crippen molar-refractivity contribution in [3.8, 4) is 11.5 Å². The molecule has 11 heteroatoms. The summed E-state index contributed by atoms with van der Waals surface area (Å²) in [6.45, 7) is 4.97. The van der Waals surface area contributed by atoms with Crippen molar-refractivity contribution in [1.82, 2.24) is 4.90 Å². The Kier molecular flexibility index (Phi) is 10.3. The largest absolute Gasteiger partial charge is 0.573 e. The Labute approximate surface area is 201 Å². The Hall–Kier alpha value is -2.25. The van der Waals surface area contributed by atoms with E-state index in [0.717, 1.165) is 44.2 Å². The standard InChI is InChI=1S/C21H25F3N4O3.HI/c22-21(23,24)31-18-7-5-17(6-8-18)27-20(25)26-15-16-3-1-2-4-19(16)30-14-11-28-9-12-29-13-10-28;/h1-8H,9-15H2,(H3,25,26,27);1H.